The van der Waals surface area contributed by atoms with Crippen molar-refractivity contribution in [2.24, 2.45) is 0 Å². The molecule has 76 valence electrons. The summed E-state index contributed by atoms with van der Waals surface area (Å²) in [5.74, 6) is 0.218. The van der Waals surface area contributed by atoms with E-state index in [-0.39, 0.29) is 16.6 Å². The average Bonchev–Trinajstić information content (AvgIpc) is 2.63. The number of alkyl halides is 1. The number of nitriles is 1. The number of hydrogen-bond acceptors (Lipinski definition) is 4. The van der Waals surface area contributed by atoms with Gasteiger partial charge in [0.2, 0.25) is 10.0 Å². The number of thiophene rings is 1. The minimum Gasteiger partial charge on any atom is -0.209 e. The molecule has 0 amide bonds. The summed E-state index contributed by atoms with van der Waals surface area (Å²) in [6, 6.07) is 4.75. The molecule has 0 aliphatic rings. The summed E-state index contributed by atoms with van der Waals surface area (Å²) < 4.78 is 25.3. The fraction of sp³-hybridized carbons (Fsp3) is 0.286. The lowest BCUT2D eigenvalue weighted by molar-refractivity contribution is 0.586. The van der Waals surface area contributed by atoms with E-state index in [9.17, 15) is 8.42 Å². The van der Waals surface area contributed by atoms with Crippen molar-refractivity contribution in [3.8, 4) is 6.07 Å². The van der Waals surface area contributed by atoms with E-state index in [2.05, 4.69) is 4.72 Å². The standard InChI is InChI=1S/C7H7ClN2O2S2/c8-3-4-10-14(11,12)7-2-1-6(5-9)13-7/h1-2,10H,3-4H2. The van der Waals surface area contributed by atoms with Crippen molar-refractivity contribution in [1.82, 2.24) is 4.72 Å². The summed E-state index contributed by atoms with van der Waals surface area (Å²) >= 11 is 6.29. The van der Waals surface area contributed by atoms with Crippen molar-refractivity contribution in [2.75, 3.05) is 12.4 Å². The molecule has 0 bridgehead atoms. The second-order valence-corrected chi connectivity index (χ2v) is 5.77. The molecular formula is C7H7ClN2O2S2. The molecule has 0 aliphatic heterocycles. The van der Waals surface area contributed by atoms with Crippen LogP contribution in [0.5, 0.6) is 0 Å². The lowest BCUT2D eigenvalue weighted by atomic mass is 10.5. The van der Waals surface area contributed by atoms with E-state index in [0.29, 0.717) is 4.88 Å². The van der Waals surface area contributed by atoms with Crippen LogP contribution in [0.1, 0.15) is 4.88 Å². The van der Waals surface area contributed by atoms with Crippen LogP contribution in [-0.4, -0.2) is 20.8 Å². The predicted octanol–water partition coefficient (Wildman–Crippen LogP) is 1.14. The van der Waals surface area contributed by atoms with Crippen molar-refractivity contribution in [3.05, 3.63) is 17.0 Å². The van der Waals surface area contributed by atoms with Gasteiger partial charge in [-0.2, -0.15) is 5.26 Å². The normalized spacial score (nSPS) is 11.1. The molecular weight excluding hydrogens is 244 g/mol. The SMILES string of the molecule is N#Cc1ccc(S(=O)(=O)NCCCl)s1. The zero-order valence-electron chi connectivity index (χ0n) is 7.03. The first-order valence-electron chi connectivity index (χ1n) is 3.65. The van der Waals surface area contributed by atoms with Crippen LogP contribution in [0, 0.1) is 11.3 Å². The third-order valence-electron chi connectivity index (χ3n) is 1.34. The fourth-order valence-corrected chi connectivity index (χ4v) is 3.16. The topological polar surface area (TPSA) is 70.0 Å². The van der Waals surface area contributed by atoms with Crippen LogP contribution in [0.2, 0.25) is 0 Å². The van der Waals surface area contributed by atoms with Crippen LogP contribution in [0.15, 0.2) is 16.3 Å². The Hall–Kier alpha value is -0.610. The Morgan fingerprint density at radius 1 is 1.57 bits per heavy atom. The van der Waals surface area contributed by atoms with Crippen molar-refractivity contribution in [3.63, 3.8) is 0 Å². The highest BCUT2D eigenvalue weighted by Crippen LogP contribution is 2.20. The van der Waals surface area contributed by atoms with Gasteiger partial charge in [-0.3, -0.25) is 0 Å². The van der Waals surface area contributed by atoms with Crippen molar-refractivity contribution < 1.29 is 8.42 Å². The van der Waals surface area contributed by atoms with Crippen molar-refractivity contribution in [2.45, 2.75) is 4.21 Å². The van der Waals surface area contributed by atoms with Crippen LogP contribution >= 0.6 is 22.9 Å². The first-order valence-corrected chi connectivity index (χ1v) is 6.49. The van der Waals surface area contributed by atoms with Gasteiger partial charge in [-0.25, -0.2) is 13.1 Å². The molecule has 0 saturated carbocycles. The van der Waals surface area contributed by atoms with Gasteiger partial charge in [-0.1, -0.05) is 0 Å². The Morgan fingerprint density at radius 2 is 2.29 bits per heavy atom. The molecule has 0 spiro atoms. The van der Waals surface area contributed by atoms with Gasteiger partial charge in [0.1, 0.15) is 15.2 Å². The third-order valence-corrected chi connectivity index (χ3v) is 4.47. The largest absolute Gasteiger partial charge is 0.250 e. The first-order chi connectivity index (χ1) is 6.60. The quantitative estimate of drug-likeness (QED) is 0.815. The van der Waals surface area contributed by atoms with Gasteiger partial charge in [-0.15, -0.1) is 22.9 Å². The molecule has 4 nitrogen and oxygen atoms in total. The maximum atomic E-state index is 11.5. The second kappa shape index (κ2) is 4.75. The summed E-state index contributed by atoms with van der Waals surface area (Å²) in [7, 11) is -3.48. The molecule has 1 rings (SSSR count). The van der Waals surface area contributed by atoms with E-state index >= 15 is 0 Å². The zero-order chi connectivity index (χ0) is 10.6. The van der Waals surface area contributed by atoms with Crippen LogP contribution in [0.4, 0.5) is 0 Å². The van der Waals surface area contributed by atoms with E-state index in [1.54, 1.807) is 0 Å². The van der Waals surface area contributed by atoms with Crippen LogP contribution < -0.4 is 4.72 Å². The van der Waals surface area contributed by atoms with Crippen LogP contribution in [0.3, 0.4) is 0 Å². The predicted molar refractivity (Wildman–Crippen MR) is 54.9 cm³/mol. The number of halogens is 1. The van der Waals surface area contributed by atoms with E-state index in [4.69, 9.17) is 16.9 Å². The van der Waals surface area contributed by atoms with Gasteiger partial charge in [0.25, 0.3) is 0 Å². The summed E-state index contributed by atoms with van der Waals surface area (Å²) in [5.41, 5.74) is 0. The van der Waals surface area contributed by atoms with Gasteiger partial charge in [0.15, 0.2) is 0 Å². The second-order valence-electron chi connectivity index (χ2n) is 2.32. The zero-order valence-corrected chi connectivity index (χ0v) is 9.42. The summed E-state index contributed by atoms with van der Waals surface area (Å²) in [6.07, 6.45) is 0. The monoisotopic (exact) mass is 250 g/mol. The molecule has 1 aromatic heterocycles. The summed E-state index contributed by atoms with van der Waals surface area (Å²) in [4.78, 5) is 0.372. The molecule has 0 fully saturated rings. The highest BCUT2D eigenvalue weighted by Gasteiger charge is 2.15. The molecule has 1 aromatic rings. The molecule has 0 radical (unpaired) electrons. The maximum Gasteiger partial charge on any atom is 0.250 e. The van der Waals surface area contributed by atoms with E-state index in [1.165, 1.54) is 12.1 Å². The molecule has 0 unspecified atom stereocenters. The fourth-order valence-electron chi connectivity index (χ4n) is 0.769. The van der Waals surface area contributed by atoms with E-state index in [1.807, 2.05) is 6.07 Å². The molecule has 1 heterocycles. The smallest absolute Gasteiger partial charge is 0.209 e. The maximum absolute atomic E-state index is 11.5. The summed E-state index contributed by atoms with van der Waals surface area (Å²) in [5, 5.41) is 8.52. The molecule has 0 atom stereocenters. The minimum atomic E-state index is -3.48. The van der Waals surface area contributed by atoms with E-state index in [0.717, 1.165) is 11.3 Å². The van der Waals surface area contributed by atoms with Gasteiger partial charge in [0, 0.05) is 12.4 Å². The van der Waals surface area contributed by atoms with Gasteiger partial charge in [-0.05, 0) is 12.1 Å². The molecule has 14 heavy (non-hydrogen) atoms. The lowest BCUT2D eigenvalue weighted by Gasteiger charge is -2.00. The number of hydrogen-bond donors (Lipinski definition) is 1. The Morgan fingerprint density at radius 3 is 2.79 bits per heavy atom. The van der Waals surface area contributed by atoms with Crippen molar-refractivity contribution >= 4 is 33.0 Å². The highest BCUT2D eigenvalue weighted by molar-refractivity contribution is 7.91. The summed E-state index contributed by atoms with van der Waals surface area (Å²) in [6.45, 7) is 0.184. The molecule has 0 saturated heterocycles. The Labute approximate surface area is 91.2 Å². The van der Waals surface area contributed by atoms with Crippen LogP contribution in [0.25, 0.3) is 0 Å². The van der Waals surface area contributed by atoms with Gasteiger partial charge in [0.05, 0.1) is 0 Å². The van der Waals surface area contributed by atoms with Gasteiger partial charge >= 0.3 is 0 Å². The van der Waals surface area contributed by atoms with Crippen LogP contribution in [-0.2, 0) is 10.0 Å². The Bertz CT molecular complexity index is 447. The minimum absolute atomic E-state index is 0.138. The number of nitrogens with one attached hydrogen (secondary N) is 1. The number of rotatable bonds is 4. The molecule has 0 aliphatic carbocycles. The molecule has 7 heteroatoms. The molecule has 1 N–H and O–H groups in total. The average molecular weight is 251 g/mol. The number of sulfonamides is 1. The third kappa shape index (κ3) is 2.69. The Balaban J connectivity index is 2.88. The van der Waals surface area contributed by atoms with E-state index < -0.39 is 10.0 Å². The van der Waals surface area contributed by atoms with Gasteiger partial charge < -0.3 is 0 Å². The lowest BCUT2D eigenvalue weighted by Crippen LogP contribution is -2.24. The highest BCUT2D eigenvalue weighted by atomic mass is 35.5. The number of nitrogens with zero attached hydrogens (tertiary/aromatic N) is 1. The molecule has 0 aromatic carbocycles. The van der Waals surface area contributed by atoms with Crippen molar-refractivity contribution in [1.29, 1.82) is 5.26 Å². The Kier molecular flexibility index (Phi) is 3.89. The first kappa shape index (κ1) is 11.5.